The molecule has 1 saturated heterocycles. The fourth-order valence-corrected chi connectivity index (χ4v) is 4.60. The molecule has 4 aromatic rings. The van der Waals surface area contributed by atoms with Crippen LogP contribution >= 0.6 is 0 Å². The number of nitrogens with zero attached hydrogens (tertiary/aromatic N) is 2. The van der Waals surface area contributed by atoms with Crippen LogP contribution in [0, 0.1) is 12.8 Å². The zero-order valence-corrected chi connectivity index (χ0v) is 22.2. The second kappa shape index (κ2) is 12.3. The SMILES string of the molecule is Cc1ccc(C(=O)O)cc1OCC1CCN(c2ccc(NC(=O)c3cccc(Oc4ccccc4)c3)cn2)CC1. The molecule has 1 aliphatic rings. The van der Waals surface area contributed by atoms with Crippen molar-refractivity contribution in [3.05, 3.63) is 108 Å². The molecule has 8 heteroatoms. The zero-order valence-electron chi connectivity index (χ0n) is 22.2. The highest BCUT2D eigenvalue weighted by Gasteiger charge is 2.21. The number of benzene rings is 3. The highest BCUT2D eigenvalue weighted by molar-refractivity contribution is 6.04. The average Bonchev–Trinajstić information content (AvgIpc) is 2.98. The van der Waals surface area contributed by atoms with Crippen LogP contribution in [0.5, 0.6) is 17.2 Å². The van der Waals surface area contributed by atoms with Crippen LogP contribution in [0.25, 0.3) is 0 Å². The zero-order chi connectivity index (χ0) is 27.9. The van der Waals surface area contributed by atoms with E-state index in [0.29, 0.717) is 41.0 Å². The number of hydrogen-bond donors (Lipinski definition) is 2. The Morgan fingerprint density at radius 3 is 2.42 bits per heavy atom. The van der Waals surface area contributed by atoms with E-state index >= 15 is 0 Å². The molecule has 1 fully saturated rings. The molecule has 0 spiro atoms. The van der Waals surface area contributed by atoms with Crippen LogP contribution in [0.15, 0.2) is 91.1 Å². The van der Waals surface area contributed by atoms with Crippen molar-refractivity contribution in [2.45, 2.75) is 19.8 Å². The fraction of sp³-hybridized carbons (Fsp3) is 0.219. The third-order valence-corrected chi connectivity index (χ3v) is 6.93. The number of carboxylic acids is 1. The first-order valence-electron chi connectivity index (χ1n) is 13.3. The van der Waals surface area contributed by atoms with Gasteiger partial charge in [0, 0.05) is 18.7 Å². The first-order chi connectivity index (χ1) is 19.4. The highest BCUT2D eigenvalue weighted by Crippen LogP contribution is 2.26. The lowest BCUT2D eigenvalue weighted by Gasteiger charge is -2.32. The lowest BCUT2D eigenvalue weighted by atomic mass is 9.97. The molecule has 204 valence electrons. The molecule has 0 aliphatic carbocycles. The van der Waals surface area contributed by atoms with Gasteiger partial charge in [-0.15, -0.1) is 0 Å². The van der Waals surface area contributed by atoms with Crippen molar-refractivity contribution >= 4 is 23.4 Å². The van der Waals surface area contributed by atoms with Crippen molar-refractivity contribution in [1.29, 1.82) is 0 Å². The van der Waals surface area contributed by atoms with E-state index in [-0.39, 0.29) is 11.5 Å². The van der Waals surface area contributed by atoms with Crippen molar-refractivity contribution in [1.82, 2.24) is 4.98 Å². The number of piperidine rings is 1. The van der Waals surface area contributed by atoms with Gasteiger partial charge in [-0.2, -0.15) is 0 Å². The van der Waals surface area contributed by atoms with Gasteiger partial charge in [-0.3, -0.25) is 4.79 Å². The topological polar surface area (TPSA) is 101 Å². The Kier molecular flexibility index (Phi) is 8.25. The number of hydrogen-bond acceptors (Lipinski definition) is 6. The van der Waals surface area contributed by atoms with Gasteiger partial charge in [0.1, 0.15) is 23.1 Å². The minimum absolute atomic E-state index is 0.228. The molecule has 3 aromatic carbocycles. The summed E-state index contributed by atoms with van der Waals surface area (Å²) in [6, 6.07) is 25.2. The van der Waals surface area contributed by atoms with E-state index in [1.54, 1.807) is 42.6 Å². The van der Waals surface area contributed by atoms with Crippen molar-refractivity contribution in [2.24, 2.45) is 5.92 Å². The van der Waals surface area contributed by atoms with Gasteiger partial charge in [0.15, 0.2) is 0 Å². The molecule has 0 saturated carbocycles. The second-order valence-electron chi connectivity index (χ2n) is 9.83. The normalized spacial score (nSPS) is 13.5. The maximum Gasteiger partial charge on any atom is 0.335 e. The van der Waals surface area contributed by atoms with Crippen LogP contribution in [0.1, 0.15) is 39.1 Å². The molecule has 0 radical (unpaired) electrons. The first kappa shape index (κ1) is 26.7. The van der Waals surface area contributed by atoms with Crippen molar-refractivity contribution in [2.75, 3.05) is 29.9 Å². The fourth-order valence-electron chi connectivity index (χ4n) is 4.60. The van der Waals surface area contributed by atoms with Crippen molar-refractivity contribution < 1.29 is 24.2 Å². The van der Waals surface area contributed by atoms with Gasteiger partial charge in [0.2, 0.25) is 0 Å². The summed E-state index contributed by atoms with van der Waals surface area (Å²) < 4.78 is 11.8. The van der Waals surface area contributed by atoms with Gasteiger partial charge < -0.3 is 24.8 Å². The van der Waals surface area contributed by atoms with Gasteiger partial charge in [0.25, 0.3) is 5.91 Å². The largest absolute Gasteiger partial charge is 0.493 e. The molecule has 5 rings (SSSR count). The van der Waals surface area contributed by atoms with E-state index in [1.165, 1.54) is 0 Å². The third kappa shape index (κ3) is 6.77. The number of pyridine rings is 1. The molecule has 2 N–H and O–H groups in total. The summed E-state index contributed by atoms with van der Waals surface area (Å²) in [5, 5.41) is 12.1. The number of aromatic carboxylic acids is 1. The Labute approximate surface area is 233 Å². The molecular weight excluding hydrogens is 506 g/mol. The summed E-state index contributed by atoms with van der Waals surface area (Å²) in [4.78, 5) is 30.9. The number of amides is 1. The smallest absolute Gasteiger partial charge is 0.335 e. The molecule has 0 unspecified atom stereocenters. The number of carbonyl (C=O) groups excluding carboxylic acids is 1. The number of carbonyl (C=O) groups is 2. The first-order valence-corrected chi connectivity index (χ1v) is 13.3. The van der Waals surface area contributed by atoms with Crippen LogP contribution < -0.4 is 19.7 Å². The molecule has 8 nitrogen and oxygen atoms in total. The number of aryl methyl sites for hydroxylation is 1. The molecule has 0 bridgehead atoms. The van der Waals surface area contributed by atoms with Crippen LogP contribution in [0.3, 0.4) is 0 Å². The predicted molar refractivity (Wildman–Crippen MR) is 154 cm³/mol. The standard InChI is InChI=1S/C32H31N3O5/c1-22-10-11-25(32(37)38)19-29(22)39-21-23-14-16-35(17-15-23)30-13-12-26(20-33-30)34-31(36)24-6-5-9-28(18-24)40-27-7-3-2-4-8-27/h2-13,18-20,23H,14-17,21H2,1H3,(H,34,36)(H,37,38). The van der Waals surface area contributed by atoms with Crippen molar-refractivity contribution in [3.63, 3.8) is 0 Å². The quantitative estimate of drug-likeness (QED) is 0.254. The molecular formula is C32H31N3O5. The second-order valence-corrected chi connectivity index (χ2v) is 9.83. The number of nitrogens with one attached hydrogen (secondary N) is 1. The van der Waals surface area contributed by atoms with Crippen LogP contribution in [0.4, 0.5) is 11.5 Å². The van der Waals surface area contributed by atoms with Crippen LogP contribution in [0.2, 0.25) is 0 Å². The average molecular weight is 538 g/mol. The lowest BCUT2D eigenvalue weighted by Crippen LogP contribution is -2.36. The summed E-state index contributed by atoms with van der Waals surface area (Å²) in [6.45, 7) is 4.15. The summed E-state index contributed by atoms with van der Waals surface area (Å²) >= 11 is 0. The Morgan fingerprint density at radius 2 is 1.70 bits per heavy atom. The van der Waals surface area contributed by atoms with Crippen molar-refractivity contribution in [3.8, 4) is 17.2 Å². The van der Waals surface area contributed by atoms with E-state index in [9.17, 15) is 14.7 Å². The van der Waals surface area contributed by atoms with Gasteiger partial charge in [-0.05, 0) is 85.8 Å². The third-order valence-electron chi connectivity index (χ3n) is 6.93. The number of rotatable bonds is 9. The number of anilines is 2. The highest BCUT2D eigenvalue weighted by atomic mass is 16.5. The maximum absolute atomic E-state index is 12.8. The summed E-state index contributed by atoms with van der Waals surface area (Å²) in [5.41, 5.74) is 2.26. The number of carboxylic acid groups (broad SMARTS) is 1. The molecule has 1 aromatic heterocycles. The molecule has 2 heterocycles. The van der Waals surface area contributed by atoms with E-state index < -0.39 is 5.97 Å². The summed E-state index contributed by atoms with van der Waals surface area (Å²) in [7, 11) is 0. The van der Waals surface area contributed by atoms with E-state index in [4.69, 9.17) is 9.47 Å². The molecule has 1 amide bonds. The Morgan fingerprint density at radius 1 is 0.925 bits per heavy atom. The lowest BCUT2D eigenvalue weighted by molar-refractivity contribution is 0.0696. The molecule has 1 aliphatic heterocycles. The number of aromatic nitrogens is 1. The van der Waals surface area contributed by atoms with E-state index in [1.807, 2.05) is 55.5 Å². The Balaban J connectivity index is 1.11. The Hall–Kier alpha value is -4.85. The van der Waals surface area contributed by atoms with Gasteiger partial charge in [0.05, 0.1) is 24.1 Å². The summed E-state index contributed by atoms with van der Waals surface area (Å²) in [5.74, 6) is 1.96. The number of ether oxygens (including phenoxy) is 2. The molecule has 40 heavy (non-hydrogen) atoms. The van der Waals surface area contributed by atoms with Crippen LogP contribution in [-0.2, 0) is 0 Å². The van der Waals surface area contributed by atoms with Gasteiger partial charge in [-0.1, -0.05) is 30.3 Å². The maximum atomic E-state index is 12.8. The number of para-hydroxylation sites is 1. The minimum Gasteiger partial charge on any atom is -0.493 e. The minimum atomic E-state index is -0.959. The van der Waals surface area contributed by atoms with E-state index in [0.717, 1.165) is 37.3 Å². The van der Waals surface area contributed by atoms with E-state index in [2.05, 4.69) is 15.2 Å². The molecule has 0 atom stereocenters. The van der Waals surface area contributed by atoms with Crippen LogP contribution in [-0.4, -0.2) is 41.7 Å². The predicted octanol–water partition coefficient (Wildman–Crippen LogP) is 6.43. The monoisotopic (exact) mass is 537 g/mol. The Bertz CT molecular complexity index is 1470. The van der Waals surface area contributed by atoms with Gasteiger partial charge in [-0.25, -0.2) is 9.78 Å². The summed E-state index contributed by atoms with van der Waals surface area (Å²) in [6.07, 6.45) is 3.56. The van der Waals surface area contributed by atoms with Gasteiger partial charge >= 0.3 is 5.97 Å².